The topological polar surface area (TPSA) is 208 Å². The summed E-state index contributed by atoms with van der Waals surface area (Å²) in [7, 11) is 0. The van der Waals surface area contributed by atoms with Crippen molar-refractivity contribution in [1.82, 2.24) is 50.5 Å². The average molecular weight is 996 g/mol. The van der Waals surface area contributed by atoms with E-state index in [1.807, 2.05) is 93.0 Å². The molecule has 378 valence electrons. The molecule has 11 rings (SSSR count). The number of urea groups is 1. The maximum Gasteiger partial charge on any atom is 0.318 e. The van der Waals surface area contributed by atoms with Gasteiger partial charge in [-0.2, -0.15) is 0 Å². The number of phenolic OH excluding ortho intramolecular Hbond substituents is 1. The van der Waals surface area contributed by atoms with Gasteiger partial charge >= 0.3 is 6.03 Å². The molecule has 4 atom stereocenters. The number of nitrogens with zero attached hydrogens (tertiary/aromatic N) is 10. The van der Waals surface area contributed by atoms with Crippen LogP contribution in [0.3, 0.4) is 0 Å². The number of fused-ring (bicyclic) bond motifs is 3. The summed E-state index contributed by atoms with van der Waals surface area (Å²) in [5.74, 6) is 1.43. The smallest absolute Gasteiger partial charge is 0.318 e. The highest BCUT2D eigenvalue weighted by Crippen LogP contribution is 2.51. The molecule has 1 saturated carbocycles. The van der Waals surface area contributed by atoms with Gasteiger partial charge in [-0.1, -0.05) is 57.2 Å². The van der Waals surface area contributed by atoms with Crippen LogP contribution in [0.1, 0.15) is 75.6 Å². The summed E-state index contributed by atoms with van der Waals surface area (Å²) in [6.07, 6.45) is 7.57. The molecule has 4 amide bonds. The molecular weight excluding hydrogens is 931 g/mol. The summed E-state index contributed by atoms with van der Waals surface area (Å²) in [6, 6.07) is 15.9. The van der Waals surface area contributed by atoms with Gasteiger partial charge in [0.25, 0.3) is 0 Å². The van der Waals surface area contributed by atoms with Crippen LogP contribution in [-0.2, 0) is 16.1 Å². The molecule has 2 aromatic carbocycles. The van der Waals surface area contributed by atoms with Gasteiger partial charge in [-0.3, -0.25) is 9.59 Å². The molecule has 8 heterocycles. The Balaban J connectivity index is 0.625. The fourth-order valence-electron chi connectivity index (χ4n) is 12.0. The van der Waals surface area contributed by atoms with Gasteiger partial charge in [0, 0.05) is 88.2 Å². The van der Waals surface area contributed by atoms with E-state index in [2.05, 4.69) is 45.8 Å². The van der Waals surface area contributed by atoms with Gasteiger partial charge in [0.2, 0.25) is 17.8 Å². The van der Waals surface area contributed by atoms with Crippen LogP contribution in [0.2, 0.25) is 0 Å². The van der Waals surface area contributed by atoms with Crippen LogP contribution >= 0.6 is 11.3 Å². The number of amides is 4. The second-order valence-electron chi connectivity index (χ2n) is 22.0. The number of nitrogens with one attached hydrogen (secondary N) is 3. The molecule has 3 aromatic heterocycles. The van der Waals surface area contributed by atoms with Crippen molar-refractivity contribution in [3.63, 3.8) is 0 Å². The monoisotopic (exact) mass is 995 g/mol. The Hall–Kier alpha value is -6.44. The lowest BCUT2D eigenvalue weighted by Crippen LogP contribution is -2.70. The number of piperazine rings is 1. The zero-order valence-electron chi connectivity index (χ0n) is 41.5. The Morgan fingerprint density at radius 3 is 2.39 bits per heavy atom. The Morgan fingerprint density at radius 2 is 1.68 bits per heavy atom. The molecule has 0 radical (unpaired) electrons. The minimum Gasteiger partial charge on any atom is -0.507 e. The molecule has 5 aromatic rings. The van der Waals surface area contributed by atoms with Crippen LogP contribution < -0.4 is 25.8 Å². The summed E-state index contributed by atoms with van der Waals surface area (Å²) < 4.78 is 0. The lowest BCUT2D eigenvalue weighted by atomic mass is 9.60. The van der Waals surface area contributed by atoms with E-state index in [0.717, 1.165) is 104 Å². The number of para-hydroxylation sites is 1. The highest BCUT2D eigenvalue weighted by Gasteiger charge is 2.56. The fourth-order valence-corrected chi connectivity index (χ4v) is 12.8. The number of thiazole rings is 1. The van der Waals surface area contributed by atoms with E-state index in [1.165, 1.54) is 10.5 Å². The van der Waals surface area contributed by atoms with E-state index < -0.39 is 23.6 Å². The van der Waals surface area contributed by atoms with E-state index in [4.69, 9.17) is 9.97 Å². The second kappa shape index (κ2) is 19.2. The van der Waals surface area contributed by atoms with Crippen molar-refractivity contribution < 1.29 is 24.6 Å². The molecule has 1 aliphatic carbocycles. The van der Waals surface area contributed by atoms with E-state index in [0.29, 0.717) is 36.3 Å². The van der Waals surface area contributed by atoms with Gasteiger partial charge < -0.3 is 50.7 Å². The molecule has 4 saturated heterocycles. The Morgan fingerprint density at radius 1 is 0.931 bits per heavy atom. The largest absolute Gasteiger partial charge is 0.507 e. The summed E-state index contributed by atoms with van der Waals surface area (Å²) in [4.78, 5) is 67.4. The minimum absolute atomic E-state index is 0.0317. The number of piperidine rings is 1. The number of carbonyl (C=O) groups is 3. The maximum absolute atomic E-state index is 14.3. The number of hydrogen-bond acceptors (Lipinski definition) is 15. The molecular formula is C53H65N13O5S. The van der Waals surface area contributed by atoms with Crippen LogP contribution in [0.15, 0.2) is 72.5 Å². The van der Waals surface area contributed by atoms with Gasteiger partial charge in [-0.05, 0) is 91.9 Å². The van der Waals surface area contributed by atoms with Gasteiger partial charge in [0.05, 0.1) is 39.6 Å². The molecule has 1 spiro atoms. The first-order valence-corrected chi connectivity index (χ1v) is 26.4. The van der Waals surface area contributed by atoms with Gasteiger partial charge in [0.15, 0.2) is 5.82 Å². The number of aromatic nitrogens is 5. The van der Waals surface area contributed by atoms with Crippen molar-refractivity contribution in [2.24, 2.45) is 10.8 Å². The lowest BCUT2D eigenvalue weighted by molar-refractivity contribution is -0.142. The molecule has 72 heavy (non-hydrogen) atoms. The highest BCUT2D eigenvalue weighted by atomic mass is 32.1. The summed E-state index contributed by atoms with van der Waals surface area (Å²) in [5.41, 5.74) is 7.76. The van der Waals surface area contributed by atoms with Crippen LogP contribution in [-0.4, -0.2) is 157 Å². The number of aromatic hydroxyl groups is 1. The Labute approximate surface area is 424 Å². The van der Waals surface area contributed by atoms with Crippen molar-refractivity contribution in [1.29, 1.82) is 0 Å². The predicted octanol–water partition coefficient (Wildman–Crippen LogP) is 5.24. The van der Waals surface area contributed by atoms with Crippen LogP contribution in [0.5, 0.6) is 5.75 Å². The summed E-state index contributed by atoms with van der Waals surface area (Å²) in [6.45, 7) is 14.5. The quantitative estimate of drug-likeness (QED) is 0.121. The molecule has 0 bridgehead atoms. The summed E-state index contributed by atoms with van der Waals surface area (Å²) >= 11 is 1.59. The first kappa shape index (κ1) is 47.9. The highest BCUT2D eigenvalue weighted by molar-refractivity contribution is 7.13. The first-order valence-electron chi connectivity index (χ1n) is 25.5. The third kappa shape index (κ3) is 9.41. The van der Waals surface area contributed by atoms with E-state index in [9.17, 15) is 24.6 Å². The molecule has 19 heteroatoms. The van der Waals surface area contributed by atoms with E-state index >= 15 is 0 Å². The normalized spacial score (nSPS) is 22.6. The van der Waals surface area contributed by atoms with Crippen LogP contribution in [0, 0.1) is 17.8 Å². The number of likely N-dealkylation sites (tertiary alicyclic amines) is 3. The molecule has 5 fully saturated rings. The minimum atomic E-state index is -0.880. The number of phenols is 1. The number of β-amino-alcohol motifs (C(OH)–C–C–N with tert-alkyl or cyclic N) is 1. The molecule has 18 nitrogen and oxygen atoms in total. The van der Waals surface area contributed by atoms with Gasteiger partial charge in [-0.15, -0.1) is 21.5 Å². The third-order valence-electron chi connectivity index (χ3n) is 16.1. The standard InChI is InChI=1S/C53H65N13O5S/c1-32-45(72-31-58-32)35-11-9-33(10-12-35)23-55-48(69)43-19-39(67)28-66(43)49(70)46(52(2,3)4)59-51(71)64-29-53(30-64)21-37(22-53)62-15-13-34(14-16-62)36-24-56-50(57-25-36)63-17-18-65-38(27-63)26-54-47-42(65)20-41(60-61-47)40-7-5-6-8-44(40)68/h5-12,20,24-25,31,34,37-39,43,46,67-68H,13-19,21-23,26-30H2,1-4H3,(H,54,61)(H,55,69)(H,59,71)/t38-,39+,43-,46+/m0/s1. The van der Waals surface area contributed by atoms with Crippen molar-refractivity contribution in [2.45, 2.75) is 103 Å². The number of hydrogen-bond donors (Lipinski definition) is 5. The number of rotatable bonds is 10. The van der Waals surface area contributed by atoms with Gasteiger partial charge in [0.1, 0.15) is 17.8 Å². The number of aliphatic hydroxyl groups excluding tert-OH is 1. The first-order chi connectivity index (χ1) is 34.7. The van der Waals surface area contributed by atoms with Crippen molar-refractivity contribution in [3.05, 3.63) is 89.3 Å². The van der Waals surface area contributed by atoms with E-state index in [-0.39, 0.29) is 54.6 Å². The molecule has 0 unspecified atom stereocenters. The predicted molar refractivity (Wildman–Crippen MR) is 276 cm³/mol. The third-order valence-corrected chi connectivity index (χ3v) is 17.0. The SMILES string of the molecule is Cc1ncsc1-c1ccc(CNC(=O)[C@@H]2C[C@@H](O)CN2C(=O)[C@@H](NC(=O)N2CC3(CC(N4CCC(c5cnc(N6CCN7c8cc(-c9ccccc9O)nnc8NC[C@H]7C6)nc5)CC4)C3)C2)C(C)(C)C)cc1. The zero-order valence-corrected chi connectivity index (χ0v) is 42.3. The number of benzene rings is 2. The Kier molecular flexibility index (Phi) is 12.8. The number of aliphatic hydroxyl groups is 1. The van der Waals surface area contributed by atoms with Gasteiger partial charge in [-0.25, -0.2) is 19.7 Å². The molecule has 6 aliphatic rings. The maximum atomic E-state index is 14.3. The fraction of sp³-hybridized carbons (Fsp3) is 0.509. The van der Waals surface area contributed by atoms with Crippen LogP contribution in [0.4, 0.5) is 22.2 Å². The number of carbonyl (C=O) groups excluding carboxylic acids is 3. The molecule has 5 aliphatic heterocycles. The molecule has 5 N–H and O–H groups in total. The lowest BCUT2D eigenvalue weighted by Gasteiger charge is -2.61. The van der Waals surface area contributed by atoms with Crippen molar-refractivity contribution in [2.75, 3.05) is 74.0 Å². The van der Waals surface area contributed by atoms with Crippen molar-refractivity contribution >= 4 is 46.6 Å². The summed E-state index contributed by atoms with van der Waals surface area (Å²) in [5, 5.41) is 39.5. The number of aryl methyl sites for hydroxylation is 1. The van der Waals surface area contributed by atoms with E-state index in [1.54, 1.807) is 23.5 Å². The van der Waals surface area contributed by atoms with Crippen LogP contribution in [0.25, 0.3) is 21.7 Å². The Bertz CT molecular complexity index is 2800. The van der Waals surface area contributed by atoms with Crippen molar-refractivity contribution in [3.8, 4) is 27.4 Å². The number of anilines is 3. The average Bonchev–Trinajstić information content (AvgIpc) is 3.98. The zero-order chi connectivity index (χ0) is 49.9. The second-order valence-corrected chi connectivity index (χ2v) is 22.9.